The molecular weight excluding hydrogens is 295 g/mol. The minimum atomic E-state index is -0.370. The molecule has 0 saturated carbocycles. The number of halogens is 1. The van der Waals surface area contributed by atoms with Gasteiger partial charge in [0.1, 0.15) is 18.0 Å². The molecule has 3 aromatic rings. The standard InChI is InChI=1S/C17H13FN4O/c18-13-5-1-2-6-14(13)22-10-20-16-12(8-15(23)21-17(16)22)11-4-3-7-19-9-11/h1-7,9-10,12H,8H2,(H,21,23). The fraction of sp³-hybridized carbons (Fsp3) is 0.118. The molecule has 1 atom stereocenters. The van der Waals surface area contributed by atoms with Crippen LogP contribution in [0.5, 0.6) is 0 Å². The highest BCUT2D eigenvalue weighted by atomic mass is 19.1. The molecule has 1 aliphatic rings. The van der Waals surface area contributed by atoms with Gasteiger partial charge in [-0.3, -0.25) is 14.3 Å². The largest absolute Gasteiger partial charge is 0.310 e. The molecule has 1 N–H and O–H groups in total. The molecule has 0 aliphatic carbocycles. The molecule has 0 radical (unpaired) electrons. The Morgan fingerprint density at radius 3 is 2.87 bits per heavy atom. The number of carbonyl (C=O) groups is 1. The summed E-state index contributed by atoms with van der Waals surface area (Å²) in [4.78, 5) is 20.6. The van der Waals surface area contributed by atoms with Crippen molar-refractivity contribution in [1.82, 2.24) is 14.5 Å². The number of benzene rings is 1. The van der Waals surface area contributed by atoms with Crippen LogP contribution in [-0.4, -0.2) is 20.4 Å². The van der Waals surface area contributed by atoms with Gasteiger partial charge in [-0.25, -0.2) is 9.37 Å². The first-order valence-electron chi connectivity index (χ1n) is 7.26. The summed E-state index contributed by atoms with van der Waals surface area (Å²) in [5.74, 6) is -0.157. The van der Waals surface area contributed by atoms with Gasteiger partial charge >= 0.3 is 0 Å². The van der Waals surface area contributed by atoms with Crippen molar-refractivity contribution in [3.8, 4) is 5.69 Å². The van der Waals surface area contributed by atoms with Gasteiger partial charge in [-0.05, 0) is 23.8 Å². The van der Waals surface area contributed by atoms with E-state index in [1.54, 1.807) is 35.2 Å². The lowest BCUT2D eigenvalue weighted by atomic mass is 9.91. The van der Waals surface area contributed by atoms with E-state index in [-0.39, 0.29) is 17.6 Å². The van der Waals surface area contributed by atoms with Crippen molar-refractivity contribution in [3.63, 3.8) is 0 Å². The number of imidazole rings is 1. The average molecular weight is 308 g/mol. The number of anilines is 1. The molecule has 1 aromatic carbocycles. The first kappa shape index (κ1) is 13.6. The maximum atomic E-state index is 14.1. The number of hydrogen-bond donors (Lipinski definition) is 1. The predicted molar refractivity (Wildman–Crippen MR) is 82.8 cm³/mol. The number of aromatic nitrogens is 3. The van der Waals surface area contributed by atoms with E-state index < -0.39 is 0 Å². The van der Waals surface area contributed by atoms with E-state index in [4.69, 9.17) is 0 Å². The van der Waals surface area contributed by atoms with E-state index >= 15 is 0 Å². The predicted octanol–water partition coefficient (Wildman–Crippen LogP) is 2.88. The van der Waals surface area contributed by atoms with E-state index in [9.17, 15) is 9.18 Å². The van der Waals surface area contributed by atoms with E-state index in [0.717, 1.165) is 11.3 Å². The van der Waals surface area contributed by atoms with Gasteiger partial charge in [0.25, 0.3) is 0 Å². The van der Waals surface area contributed by atoms with Crippen molar-refractivity contribution in [1.29, 1.82) is 0 Å². The molecule has 114 valence electrons. The molecule has 0 saturated heterocycles. The maximum absolute atomic E-state index is 14.1. The van der Waals surface area contributed by atoms with Gasteiger partial charge in [0.05, 0.1) is 11.4 Å². The van der Waals surface area contributed by atoms with Crippen molar-refractivity contribution in [3.05, 3.63) is 72.2 Å². The van der Waals surface area contributed by atoms with Crippen LogP contribution in [0.1, 0.15) is 23.6 Å². The van der Waals surface area contributed by atoms with Crippen LogP contribution >= 0.6 is 0 Å². The molecule has 3 heterocycles. The first-order chi connectivity index (χ1) is 11.2. The SMILES string of the molecule is O=C1CC(c2cccnc2)c2ncn(-c3ccccc3F)c2N1. The summed E-state index contributed by atoms with van der Waals surface area (Å²) in [5, 5.41) is 2.81. The summed E-state index contributed by atoms with van der Waals surface area (Å²) in [6.45, 7) is 0. The van der Waals surface area contributed by atoms with E-state index in [1.165, 1.54) is 12.4 Å². The first-order valence-corrected chi connectivity index (χ1v) is 7.26. The summed E-state index contributed by atoms with van der Waals surface area (Å²) in [6.07, 6.45) is 5.26. The van der Waals surface area contributed by atoms with Gasteiger partial charge < -0.3 is 5.32 Å². The van der Waals surface area contributed by atoms with E-state index in [1.807, 2.05) is 12.1 Å². The topological polar surface area (TPSA) is 59.8 Å². The molecule has 5 nitrogen and oxygen atoms in total. The Hall–Kier alpha value is -3.02. The Balaban J connectivity index is 1.85. The fourth-order valence-corrected chi connectivity index (χ4v) is 2.89. The molecule has 1 aliphatic heterocycles. The van der Waals surface area contributed by atoms with Crippen molar-refractivity contribution in [2.75, 3.05) is 5.32 Å². The Bertz CT molecular complexity index is 875. The third kappa shape index (κ3) is 2.28. The highest BCUT2D eigenvalue weighted by Gasteiger charge is 2.31. The van der Waals surface area contributed by atoms with Crippen LogP contribution in [0.25, 0.3) is 5.69 Å². The average Bonchev–Trinajstić information content (AvgIpc) is 2.99. The number of nitrogens with zero attached hydrogens (tertiary/aromatic N) is 3. The number of amides is 1. The van der Waals surface area contributed by atoms with Gasteiger partial charge in [-0.2, -0.15) is 0 Å². The van der Waals surface area contributed by atoms with Crippen molar-refractivity contribution in [2.24, 2.45) is 0 Å². The number of rotatable bonds is 2. The maximum Gasteiger partial charge on any atom is 0.226 e. The molecule has 1 unspecified atom stereocenters. The third-order valence-corrected chi connectivity index (χ3v) is 3.97. The molecule has 2 aromatic heterocycles. The normalized spacial score (nSPS) is 16.7. The number of fused-ring (bicyclic) bond motifs is 1. The minimum Gasteiger partial charge on any atom is -0.310 e. The van der Waals surface area contributed by atoms with Crippen molar-refractivity contribution < 1.29 is 9.18 Å². The molecule has 4 rings (SSSR count). The van der Waals surface area contributed by atoms with E-state index in [2.05, 4.69) is 15.3 Å². The molecule has 0 fully saturated rings. The van der Waals surface area contributed by atoms with Crippen molar-refractivity contribution in [2.45, 2.75) is 12.3 Å². The Morgan fingerprint density at radius 2 is 2.09 bits per heavy atom. The zero-order valence-corrected chi connectivity index (χ0v) is 12.1. The van der Waals surface area contributed by atoms with Gasteiger partial charge in [-0.15, -0.1) is 0 Å². The second-order valence-electron chi connectivity index (χ2n) is 5.39. The van der Waals surface area contributed by atoms with Crippen LogP contribution < -0.4 is 5.32 Å². The van der Waals surface area contributed by atoms with Gasteiger partial charge in [0.15, 0.2) is 0 Å². The highest BCUT2D eigenvalue weighted by molar-refractivity contribution is 5.94. The Morgan fingerprint density at radius 1 is 1.22 bits per heavy atom. The zero-order chi connectivity index (χ0) is 15.8. The molecule has 1 amide bonds. The lowest BCUT2D eigenvalue weighted by Gasteiger charge is -2.23. The van der Waals surface area contributed by atoms with Gasteiger partial charge in [0.2, 0.25) is 5.91 Å². The summed E-state index contributed by atoms with van der Waals surface area (Å²) < 4.78 is 15.6. The number of para-hydroxylation sites is 1. The van der Waals surface area contributed by atoms with E-state index in [0.29, 0.717) is 17.9 Å². The quantitative estimate of drug-likeness (QED) is 0.792. The number of nitrogens with one attached hydrogen (secondary N) is 1. The third-order valence-electron chi connectivity index (χ3n) is 3.97. The molecule has 0 bridgehead atoms. The lowest BCUT2D eigenvalue weighted by Crippen LogP contribution is -2.25. The molecular formula is C17H13FN4O. The minimum absolute atomic E-state index is 0.121. The number of carbonyl (C=O) groups excluding carboxylic acids is 1. The van der Waals surface area contributed by atoms with Crippen LogP contribution in [-0.2, 0) is 4.79 Å². The van der Waals surface area contributed by atoms with Crippen molar-refractivity contribution >= 4 is 11.7 Å². The second kappa shape index (κ2) is 5.31. The Kier molecular flexibility index (Phi) is 3.15. The smallest absolute Gasteiger partial charge is 0.226 e. The fourth-order valence-electron chi connectivity index (χ4n) is 2.89. The molecule has 0 spiro atoms. The van der Waals surface area contributed by atoms with Crippen LogP contribution in [0.3, 0.4) is 0 Å². The molecule has 6 heteroatoms. The lowest BCUT2D eigenvalue weighted by molar-refractivity contribution is -0.116. The number of pyridine rings is 1. The molecule has 23 heavy (non-hydrogen) atoms. The summed E-state index contributed by atoms with van der Waals surface area (Å²) in [7, 11) is 0. The zero-order valence-electron chi connectivity index (χ0n) is 12.1. The Labute approximate surface area is 131 Å². The van der Waals surface area contributed by atoms with Gasteiger partial charge in [0, 0.05) is 24.7 Å². The van der Waals surface area contributed by atoms with Crippen LogP contribution in [0.2, 0.25) is 0 Å². The monoisotopic (exact) mass is 308 g/mol. The van der Waals surface area contributed by atoms with Crippen LogP contribution in [0, 0.1) is 5.82 Å². The summed E-state index contributed by atoms with van der Waals surface area (Å²) in [6, 6.07) is 10.1. The second-order valence-corrected chi connectivity index (χ2v) is 5.39. The number of hydrogen-bond acceptors (Lipinski definition) is 3. The highest BCUT2D eigenvalue weighted by Crippen LogP contribution is 2.37. The van der Waals surface area contributed by atoms with Crippen LogP contribution in [0.15, 0.2) is 55.1 Å². The summed E-state index contributed by atoms with van der Waals surface area (Å²) in [5.41, 5.74) is 2.00. The van der Waals surface area contributed by atoms with Crippen LogP contribution in [0.4, 0.5) is 10.2 Å². The summed E-state index contributed by atoms with van der Waals surface area (Å²) >= 11 is 0. The van der Waals surface area contributed by atoms with Gasteiger partial charge in [-0.1, -0.05) is 18.2 Å².